The van der Waals surface area contributed by atoms with Gasteiger partial charge in [-0.15, -0.1) is 0 Å². The van der Waals surface area contributed by atoms with Gasteiger partial charge in [0.15, 0.2) is 0 Å². The van der Waals surface area contributed by atoms with Gasteiger partial charge in [-0.3, -0.25) is 4.79 Å². The Labute approximate surface area is 167 Å². The van der Waals surface area contributed by atoms with Crippen LogP contribution in [-0.2, 0) is 10.2 Å². The Hall–Kier alpha value is -1.57. The van der Waals surface area contributed by atoms with E-state index in [2.05, 4.69) is 57.3 Å². The lowest BCUT2D eigenvalue weighted by atomic mass is 9.87. The predicted octanol–water partition coefficient (Wildman–Crippen LogP) is 7.03. The third-order valence-corrected chi connectivity index (χ3v) is 5.03. The number of hydrogen-bond acceptors (Lipinski definition) is 1. The van der Waals surface area contributed by atoms with Crippen LogP contribution in [-0.4, -0.2) is 12.5 Å². The molecule has 0 saturated carbocycles. The summed E-state index contributed by atoms with van der Waals surface area (Å²) in [5, 5.41) is 2.99. The molecule has 0 atom stereocenters. The summed E-state index contributed by atoms with van der Waals surface area (Å²) in [5.74, 6) is 0.00539. The molecule has 0 aromatic heterocycles. The average Bonchev–Trinajstić information content (AvgIpc) is 2.64. The first kappa shape index (κ1) is 23.5. The Bertz CT molecular complexity index is 536. The van der Waals surface area contributed by atoms with Crippen molar-refractivity contribution < 1.29 is 4.79 Å². The van der Waals surface area contributed by atoms with Crippen LogP contribution in [0.1, 0.15) is 103 Å². The maximum atomic E-state index is 11.9. The van der Waals surface area contributed by atoms with Crippen molar-refractivity contribution in [2.24, 2.45) is 0 Å². The normalized spacial score (nSPS) is 11.9. The number of carbonyl (C=O) groups excluding carboxylic acids is 1. The zero-order chi connectivity index (χ0) is 20.0. The molecule has 1 rings (SSSR count). The van der Waals surface area contributed by atoms with Gasteiger partial charge in [0.1, 0.15) is 0 Å². The lowest BCUT2D eigenvalue weighted by Gasteiger charge is -2.18. The Morgan fingerprint density at radius 2 is 1.37 bits per heavy atom. The van der Waals surface area contributed by atoms with Crippen molar-refractivity contribution in [1.82, 2.24) is 5.32 Å². The second-order valence-electron chi connectivity index (χ2n) is 8.68. The number of nitrogens with one attached hydrogen (secondary N) is 1. The van der Waals surface area contributed by atoms with Crippen LogP contribution < -0.4 is 5.32 Å². The van der Waals surface area contributed by atoms with Gasteiger partial charge in [-0.25, -0.2) is 0 Å². The first-order chi connectivity index (χ1) is 12.9. The third-order valence-electron chi connectivity index (χ3n) is 5.03. The van der Waals surface area contributed by atoms with Crippen molar-refractivity contribution in [1.29, 1.82) is 0 Å². The SMILES string of the molecule is CCCCCCCCCCCCNC(=O)C=Cc1ccc(C(C)(C)C)cc1. The molecule has 2 heteroatoms. The van der Waals surface area contributed by atoms with E-state index in [4.69, 9.17) is 0 Å². The van der Waals surface area contributed by atoms with E-state index < -0.39 is 0 Å². The molecule has 1 N–H and O–H groups in total. The molecule has 0 aliphatic carbocycles. The second kappa shape index (κ2) is 13.6. The second-order valence-corrected chi connectivity index (χ2v) is 8.68. The maximum absolute atomic E-state index is 11.9. The van der Waals surface area contributed by atoms with Crippen LogP contribution in [0.3, 0.4) is 0 Å². The highest BCUT2D eigenvalue weighted by atomic mass is 16.1. The molecule has 27 heavy (non-hydrogen) atoms. The third kappa shape index (κ3) is 11.7. The quantitative estimate of drug-likeness (QED) is 0.292. The van der Waals surface area contributed by atoms with E-state index in [0.717, 1.165) is 18.5 Å². The molecule has 0 saturated heterocycles. The van der Waals surface area contributed by atoms with Gasteiger partial charge in [0.05, 0.1) is 0 Å². The topological polar surface area (TPSA) is 29.1 Å². The van der Waals surface area contributed by atoms with E-state index in [1.165, 1.54) is 63.4 Å². The summed E-state index contributed by atoms with van der Waals surface area (Å²) in [6.07, 6.45) is 16.7. The van der Waals surface area contributed by atoms with Gasteiger partial charge in [0.2, 0.25) is 5.91 Å². The predicted molar refractivity (Wildman–Crippen MR) is 119 cm³/mol. The molecule has 0 aliphatic heterocycles. The number of rotatable bonds is 13. The van der Waals surface area contributed by atoms with Crippen molar-refractivity contribution >= 4 is 12.0 Å². The van der Waals surface area contributed by atoms with Crippen molar-refractivity contribution in [2.45, 2.75) is 97.3 Å². The Morgan fingerprint density at radius 3 is 1.89 bits per heavy atom. The molecule has 0 aliphatic rings. The van der Waals surface area contributed by atoms with Crippen LogP contribution >= 0.6 is 0 Å². The van der Waals surface area contributed by atoms with E-state index in [1.54, 1.807) is 6.08 Å². The molecule has 0 radical (unpaired) electrons. The van der Waals surface area contributed by atoms with E-state index in [9.17, 15) is 4.79 Å². The number of hydrogen-bond donors (Lipinski definition) is 1. The minimum Gasteiger partial charge on any atom is -0.353 e. The van der Waals surface area contributed by atoms with Gasteiger partial charge in [0, 0.05) is 12.6 Å². The molecule has 1 amide bonds. The minimum atomic E-state index is 0.00539. The zero-order valence-electron chi connectivity index (χ0n) is 18.2. The summed E-state index contributed by atoms with van der Waals surface area (Å²) in [4.78, 5) is 11.9. The number of benzene rings is 1. The summed E-state index contributed by atoms with van der Waals surface area (Å²) in [6.45, 7) is 9.66. The van der Waals surface area contributed by atoms with Gasteiger partial charge in [-0.05, 0) is 29.0 Å². The smallest absolute Gasteiger partial charge is 0.243 e. The molecule has 1 aromatic carbocycles. The fourth-order valence-electron chi connectivity index (χ4n) is 3.15. The summed E-state index contributed by atoms with van der Waals surface area (Å²) in [6, 6.07) is 8.43. The van der Waals surface area contributed by atoms with Crippen LogP contribution in [0.2, 0.25) is 0 Å². The molecule has 0 fully saturated rings. The largest absolute Gasteiger partial charge is 0.353 e. The standard InChI is InChI=1S/C25H41NO/c1-5-6-7-8-9-10-11-12-13-14-21-26-24(27)20-17-22-15-18-23(19-16-22)25(2,3)4/h15-20H,5-14,21H2,1-4H3,(H,26,27). The number of carbonyl (C=O) groups is 1. The van der Waals surface area contributed by atoms with Crippen molar-refractivity contribution in [2.75, 3.05) is 6.54 Å². The first-order valence-corrected chi connectivity index (χ1v) is 11.0. The summed E-state index contributed by atoms with van der Waals surface area (Å²) in [7, 11) is 0. The molecule has 152 valence electrons. The van der Waals surface area contributed by atoms with Crippen LogP contribution in [0.5, 0.6) is 0 Å². The summed E-state index contributed by atoms with van der Waals surface area (Å²) < 4.78 is 0. The molecule has 0 heterocycles. The fraction of sp³-hybridized carbons (Fsp3) is 0.640. The summed E-state index contributed by atoms with van der Waals surface area (Å²) in [5.41, 5.74) is 2.54. The van der Waals surface area contributed by atoms with Crippen molar-refractivity contribution in [3.8, 4) is 0 Å². The van der Waals surface area contributed by atoms with Gasteiger partial charge >= 0.3 is 0 Å². The Balaban J connectivity index is 2.08. The van der Waals surface area contributed by atoms with Crippen molar-refractivity contribution in [3.63, 3.8) is 0 Å². The number of unbranched alkanes of at least 4 members (excludes halogenated alkanes) is 9. The Morgan fingerprint density at radius 1 is 0.852 bits per heavy atom. The van der Waals surface area contributed by atoms with E-state index >= 15 is 0 Å². The monoisotopic (exact) mass is 371 g/mol. The molecular weight excluding hydrogens is 330 g/mol. The zero-order valence-corrected chi connectivity index (χ0v) is 18.2. The molecule has 1 aromatic rings. The highest BCUT2D eigenvalue weighted by molar-refractivity contribution is 5.91. The van der Waals surface area contributed by atoms with Gasteiger partial charge < -0.3 is 5.32 Å². The highest BCUT2D eigenvalue weighted by Gasteiger charge is 2.12. The van der Waals surface area contributed by atoms with E-state index in [1.807, 2.05) is 6.08 Å². The maximum Gasteiger partial charge on any atom is 0.243 e. The van der Waals surface area contributed by atoms with Crippen LogP contribution in [0.25, 0.3) is 6.08 Å². The molecular formula is C25H41NO. The van der Waals surface area contributed by atoms with Crippen LogP contribution in [0, 0.1) is 0 Å². The molecule has 2 nitrogen and oxygen atoms in total. The average molecular weight is 372 g/mol. The highest BCUT2D eigenvalue weighted by Crippen LogP contribution is 2.22. The fourth-order valence-corrected chi connectivity index (χ4v) is 3.15. The van der Waals surface area contributed by atoms with E-state index in [0.29, 0.717) is 0 Å². The van der Waals surface area contributed by atoms with Crippen LogP contribution in [0.15, 0.2) is 30.3 Å². The van der Waals surface area contributed by atoms with E-state index in [-0.39, 0.29) is 11.3 Å². The van der Waals surface area contributed by atoms with Crippen LogP contribution in [0.4, 0.5) is 0 Å². The molecule has 0 unspecified atom stereocenters. The van der Waals surface area contributed by atoms with Crippen molar-refractivity contribution in [3.05, 3.63) is 41.5 Å². The van der Waals surface area contributed by atoms with Gasteiger partial charge in [-0.2, -0.15) is 0 Å². The minimum absolute atomic E-state index is 0.00539. The van der Waals surface area contributed by atoms with Gasteiger partial charge in [-0.1, -0.05) is 110 Å². The Kier molecular flexibility index (Phi) is 11.8. The summed E-state index contributed by atoms with van der Waals surface area (Å²) >= 11 is 0. The first-order valence-electron chi connectivity index (χ1n) is 11.0. The molecule has 0 bridgehead atoms. The molecule has 0 spiro atoms. The lowest BCUT2D eigenvalue weighted by Crippen LogP contribution is -2.21. The number of amides is 1. The lowest BCUT2D eigenvalue weighted by molar-refractivity contribution is -0.116. The van der Waals surface area contributed by atoms with Gasteiger partial charge in [0.25, 0.3) is 0 Å².